The van der Waals surface area contributed by atoms with E-state index in [2.05, 4.69) is 31.1 Å². The van der Waals surface area contributed by atoms with Crippen LogP contribution in [0, 0.1) is 6.92 Å². The van der Waals surface area contributed by atoms with Crippen LogP contribution in [0.5, 0.6) is 0 Å². The summed E-state index contributed by atoms with van der Waals surface area (Å²) in [5, 5.41) is 8.24. The molecule has 2 aromatic heterocycles. The normalized spacial score (nSPS) is 11.2. The Labute approximate surface area is 114 Å². The molecule has 0 saturated heterocycles. The van der Waals surface area contributed by atoms with Gasteiger partial charge in [0.15, 0.2) is 4.34 Å². The number of fused-ring (bicyclic) bond motifs is 1. The zero-order chi connectivity index (χ0) is 11.8. The maximum atomic E-state index is 5.31. The van der Waals surface area contributed by atoms with Crippen LogP contribution >= 0.6 is 39.0 Å². The van der Waals surface area contributed by atoms with Crippen LogP contribution in [0.25, 0.3) is 10.2 Å². The molecule has 17 heavy (non-hydrogen) atoms. The fraction of sp³-hybridized carbons (Fsp3) is 0.100. The van der Waals surface area contributed by atoms with E-state index in [9.17, 15) is 0 Å². The molecule has 0 amide bonds. The van der Waals surface area contributed by atoms with Gasteiger partial charge in [-0.25, -0.2) is 4.98 Å². The number of rotatable bonds is 2. The molecular formula is C10H6BrN3OS2. The third kappa shape index (κ3) is 2.22. The number of hydrogen-bond donors (Lipinski definition) is 0. The van der Waals surface area contributed by atoms with Gasteiger partial charge in [-0.2, -0.15) is 0 Å². The van der Waals surface area contributed by atoms with Crippen molar-refractivity contribution in [2.45, 2.75) is 16.5 Å². The third-order valence-corrected chi connectivity index (χ3v) is 4.59. The monoisotopic (exact) mass is 327 g/mol. The Kier molecular flexibility index (Phi) is 2.89. The Morgan fingerprint density at radius 3 is 2.94 bits per heavy atom. The van der Waals surface area contributed by atoms with Gasteiger partial charge in [0.25, 0.3) is 5.22 Å². The molecule has 0 aliphatic carbocycles. The van der Waals surface area contributed by atoms with Gasteiger partial charge in [-0.05, 0) is 28.1 Å². The van der Waals surface area contributed by atoms with Crippen LogP contribution in [0.1, 0.15) is 5.89 Å². The lowest BCUT2D eigenvalue weighted by Gasteiger charge is -1.88. The van der Waals surface area contributed by atoms with E-state index in [0.29, 0.717) is 11.1 Å². The minimum absolute atomic E-state index is 0.526. The van der Waals surface area contributed by atoms with E-state index in [-0.39, 0.29) is 0 Å². The van der Waals surface area contributed by atoms with E-state index in [1.54, 1.807) is 18.3 Å². The smallest absolute Gasteiger partial charge is 0.283 e. The minimum Gasteiger partial charge on any atom is -0.416 e. The molecule has 0 fully saturated rings. The van der Waals surface area contributed by atoms with Crippen LogP contribution in [0.15, 0.2) is 36.7 Å². The Morgan fingerprint density at radius 2 is 2.24 bits per heavy atom. The number of hydrogen-bond acceptors (Lipinski definition) is 6. The van der Waals surface area contributed by atoms with Crippen LogP contribution in [0.3, 0.4) is 0 Å². The predicted molar refractivity (Wildman–Crippen MR) is 70.5 cm³/mol. The van der Waals surface area contributed by atoms with Gasteiger partial charge in [0.05, 0.1) is 10.2 Å². The predicted octanol–water partition coefficient (Wildman–Crippen LogP) is 3.90. The van der Waals surface area contributed by atoms with E-state index in [0.717, 1.165) is 19.0 Å². The first-order chi connectivity index (χ1) is 8.22. The number of nitrogens with zero attached hydrogens (tertiary/aromatic N) is 3. The van der Waals surface area contributed by atoms with Crippen molar-refractivity contribution in [3.8, 4) is 0 Å². The second-order valence-electron chi connectivity index (χ2n) is 3.26. The van der Waals surface area contributed by atoms with E-state index < -0.39 is 0 Å². The van der Waals surface area contributed by atoms with Crippen LogP contribution in [0.4, 0.5) is 0 Å². The summed E-state index contributed by atoms with van der Waals surface area (Å²) >= 11 is 6.48. The molecule has 2 heterocycles. The summed E-state index contributed by atoms with van der Waals surface area (Å²) < 4.78 is 8.34. The highest BCUT2D eigenvalue weighted by atomic mass is 79.9. The van der Waals surface area contributed by atoms with Crippen molar-refractivity contribution in [3.05, 3.63) is 28.6 Å². The van der Waals surface area contributed by atoms with Crippen molar-refractivity contribution in [3.63, 3.8) is 0 Å². The molecule has 0 radical (unpaired) electrons. The first-order valence-corrected chi connectivity index (χ1v) is 7.18. The largest absolute Gasteiger partial charge is 0.416 e. The van der Waals surface area contributed by atoms with E-state index >= 15 is 0 Å². The summed E-state index contributed by atoms with van der Waals surface area (Å²) in [5.74, 6) is 0.565. The van der Waals surface area contributed by atoms with Crippen LogP contribution in [-0.4, -0.2) is 15.2 Å². The molecule has 86 valence electrons. The summed E-state index contributed by atoms with van der Waals surface area (Å²) in [7, 11) is 0. The summed E-state index contributed by atoms with van der Waals surface area (Å²) in [6.07, 6.45) is 0. The van der Waals surface area contributed by atoms with Crippen LogP contribution in [0.2, 0.25) is 0 Å². The minimum atomic E-state index is 0.526. The van der Waals surface area contributed by atoms with E-state index in [1.807, 2.05) is 18.2 Å². The number of aryl methyl sites for hydroxylation is 1. The molecule has 3 rings (SSSR count). The Bertz CT molecular complexity index is 679. The molecule has 0 unspecified atom stereocenters. The average Bonchev–Trinajstić information content (AvgIpc) is 2.86. The average molecular weight is 328 g/mol. The van der Waals surface area contributed by atoms with Gasteiger partial charge in [-0.1, -0.05) is 6.07 Å². The Hall–Kier alpha value is -0.920. The van der Waals surface area contributed by atoms with E-state index in [1.165, 1.54) is 11.8 Å². The molecule has 7 heteroatoms. The zero-order valence-corrected chi connectivity index (χ0v) is 11.9. The van der Waals surface area contributed by atoms with Gasteiger partial charge in [0.1, 0.15) is 0 Å². The third-order valence-electron chi connectivity index (χ3n) is 2.03. The first kappa shape index (κ1) is 11.2. The van der Waals surface area contributed by atoms with Gasteiger partial charge in [0, 0.05) is 23.2 Å². The standard InChI is InChI=1S/C10H6BrN3OS2/c1-5-13-14-9(15-5)17-10-12-8-6(11)3-2-4-7(8)16-10/h2-4H,1H3. The van der Waals surface area contributed by atoms with Gasteiger partial charge in [-0.3, -0.25) is 0 Å². The van der Waals surface area contributed by atoms with Gasteiger partial charge < -0.3 is 4.42 Å². The quantitative estimate of drug-likeness (QED) is 0.714. The maximum absolute atomic E-state index is 5.31. The fourth-order valence-corrected chi connectivity index (χ4v) is 3.82. The molecule has 0 atom stereocenters. The highest BCUT2D eigenvalue weighted by molar-refractivity contribution is 9.10. The number of thiazole rings is 1. The van der Waals surface area contributed by atoms with Crippen LogP contribution < -0.4 is 0 Å². The lowest BCUT2D eigenvalue weighted by molar-refractivity contribution is 0.429. The molecule has 0 bridgehead atoms. The number of para-hydroxylation sites is 1. The number of halogens is 1. The second kappa shape index (κ2) is 4.40. The van der Waals surface area contributed by atoms with Crippen molar-refractivity contribution in [2.24, 2.45) is 0 Å². The molecule has 0 aliphatic heterocycles. The summed E-state index contributed by atoms with van der Waals surface area (Å²) in [6, 6.07) is 6.02. The fourth-order valence-electron chi connectivity index (χ4n) is 1.33. The highest BCUT2D eigenvalue weighted by Gasteiger charge is 2.11. The molecule has 3 aromatic rings. The summed E-state index contributed by atoms with van der Waals surface area (Å²) in [6.45, 7) is 1.77. The Morgan fingerprint density at radius 1 is 1.35 bits per heavy atom. The highest BCUT2D eigenvalue weighted by Crippen LogP contribution is 2.35. The lowest BCUT2D eigenvalue weighted by atomic mass is 10.3. The molecule has 0 saturated carbocycles. The van der Waals surface area contributed by atoms with Gasteiger partial charge >= 0.3 is 0 Å². The lowest BCUT2D eigenvalue weighted by Crippen LogP contribution is -1.73. The van der Waals surface area contributed by atoms with Crippen molar-refractivity contribution >= 4 is 49.2 Å². The second-order valence-corrected chi connectivity index (χ2v) is 6.34. The van der Waals surface area contributed by atoms with Crippen molar-refractivity contribution in [2.75, 3.05) is 0 Å². The summed E-state index contributed by atoms with van der Waals surface area (Å²) in [4.78, 5) is 4.52. The van der Waals surface area contributed by atoms with Crippen molar-refractivity contribution in [1.29, 1.82) is 0 Å². The molecular weight excluding hydrogens is 322 g/mol. The van der Waals surface area contributed by atoms with Crippen LogP contribution in [-0.2, 0) is 0 Å². The van der Waals surface area contributed by atoms with Crippen molar-refractivity contribution < 1.29 is 4.42 Å². The molecule has 0 spiro atoms. The Balaban J connectivity index is 1.98. The SMILES string of the molecule is Cc1nnc(Sc2nc3c(Br)cccc3s2)o1. The number of benzene rings is 1. The molecule has 4 nitrogen and oxygen atoms in total. The zero-order valence-electron chi connectivity index (χ0n) is 8.68. The molecule has 0 aliphatic rings. The van der Waals surface area contributed by atoms with Gasteiger partial charge in [0.2, 0.25) is 5.89 Å². The molecule has 1 aromatic carbocycles. The van der Waals surface area contributed by atoms with E-state index in [4.69, 9.17) is 4.42 Å². The first-order valence-electron chi connectivity index (χ1n) is 4.75. The number of aromatic nitrogens is 3. The molecule has 0 N–H and O–H groups in total. The summed E-state index contributed by atoms with van der Waals surface area (Å²) in [5.41, 5.74) is 0.969. The van der Waals surface area contributed by atoms with Gasteiger partial charge in [-0.15, -0.1) is 21.5 Å². The van der Waals surface area contributed by atoms with Crippen molar-refractivity contribution in [1.82, 2.24) is 15.2 Å². The maximum Gasteiger partial charge on any atom is 0.283 e. The topological polar surface area (TPSA) is 51.8 Å².